The fourth-order valence-corrected chi connectivity index (χ4v) is 4.50. The summed E-state index contributed by atoms with van der Waals surface area (Å²) < 4.78 is 14.1. The second kappa shape index (κ2) is 4.34. The summed E-state index contributed by atoms with van der Waals surface area (Å²) >= 11 is 0. The molecule has 1 spiro atoms. The van der Waals surface area contributed by atoms with Gasteiger partial charge in [-0.15, -0.1) is 0 Å². The van der Waals surface area contributed by atoms with E-state index in [1.54, 1.807) is 12.1 Å². The van der Waals surface area contributed by atoms with Crippen LogP contribution in [0.15, 0.2) is 24.3 Å². The summed E-state index contributed by atoms with van der Waals surface area (Å²) in [4.78, 5) is 0. The molecule has 2 saturated carbocycles. The topological polar surface area (TPSA) is 12.0 Å². The lowest BCUT2D eigenvalue weighted by atomic mass is 9.49. The van der Waals surface area contributed by atoms with Gasteiger partial charge < -0.3 is 5.32 Å². The Hall–Kier alpha value is -0.890. The summed E-state index contributed by atoms with van der Waals surface area (Å²) in [6.07, 6.45) is 7.78. The van der Waals surface area contributed by atoms with Crippen LogP contribution in [0.4, 0.5) is 4.39 Å². The van der Waals surface area contributed by atoms with Crippen molar-refractivity contribution in [3.63, 3.8) is 0 Å². The summed E-state index contributed by atoms with van der Waals surface area (Å²) in [6.45, 7) is 0.898. The molecule has 0 atom stereocenters. The number of hydrogen-bond donors (Lipinski definition) is 1. The first-order chi connectivity index (χ1) is 8.70. The average Bonchev–Trinajstić information content (AvgIpc) is 2.78. The zero-order valence-electron chi connectivity index (χ0n) is 11.1. The maximum atomic E-state index is 14.1. The predicted octanol–water partition coefficient (Wildman–Crippen LogP) is 3.64. The Morgan fingerprint density at radius 3 is 2.44 bits per heavy atom. The fourth-order valence-electron chi connectivity index (χ4n) is 4.50. The molecule has 98 valence electrons. The van der Waals surface area contributed by atoms with E-state index in [0.29, 0.717) is 5.41 Å². The number of rotatable bonds is 3. The van der Waals surface area contributed by atoms with E-state index in [1.807, 2.05) is 19.2 Å². The van der Waals surface area contributed by atoms with Gasteiger partial charge in [0.25, 0.3) is 0 Å². The highest BCUT2D eigenvalue weighted by molar-refractivity contribution is 5.33. The Morgan fingerprint density at radius 2 is 1.83 bits per heavy atom. The van der Waals surface area contributed by atoms with Crippen molar-refractivity contribution >= 4 is 0 Å². The molecule has 1 nitrogen and oxygen atoms in total. The molecule has 0 bridgehead atoms. The van der Waals surface area contributed by atoms with Gasteiger partial charge in [0.05, 0.1) is 0 Å². The molecule has 2 heteroatoms. The Labute approximate surface area is 109 Å². The van der Waals surface area contributed by atoms with E-state index < -0.39 is 0 Å². The van der Waals surface area contributed by atoms with Crippen molar-refractivity contribution in [3.05, 3.63) is 35.6 Å². The van der Waals surface area contributed by atoms with Gasteiger partial charge in [-0.25, -0.2) is 4.39 Å². The molecule has 0 aromatic heterocycles. The standard InChI is InChI=1S/C16H22FN/c1-18-12-16(13-6-2-3-7-14(13)17)10-15(11-16)8-4-5-9-15/h2-3,6-7,18H,4-5,8-12H2,1H3. The van der Waals surface area contributed by atoms with Crippen molar-refractivity contribution in [2.24, 2.45) is 5.41 Å². The minimum absolute atomic E-state index is 0.0272. The van der Waals surface area contributed by atoms with Gasteiger partial charge >= 0.3 is 0 Å². The fraction of sp³-hybridized carbons (Fsp3) is 0.625. The molecule has 3 rings (SSSR count). The summed E-state index contributed by atoms with van der Waals surface area (Å²) in [5, 5.41) is 3.28. The molecule has 1 aromatic carbocycles. The zero-order chi connectivity index (χ0) is 12.6. The van der Waals surface area contributed by atoms with E-state index in [9.17, 15) is 4.39 Å². The lowest BCUT2D eigenvalue weighted by molar-refractivity contribution is 0.0259. The van der Waals surface area contributed by atoms with Crippen LogP contribution in [0.3, 0.4) is 0 Å². The molecule has 2 aliphatic carbocycles. The molecule has 0 aliphatic heterocycles. The molecule has 18 heavy (non-hydrogen) atoms. The van der Waals surface area contributed by atoms with Crippen LogP contribution in [-0.4, -0.2) is 13.6 Å². The molecule has 0 heterocycles. The van der Waals surface area contributed by atoms with Crippen molar-refractivity contribution in [2.45, 2.75) is 43.9 Å². The van der Waals surface area contributed by atoms with E-state index in [2.05, 4.69) is 5.32 Å². The lowest BCUT2D eigenvalue weighted by Crippen LogP contribution is -2.53. The van der Waals surface area contributed by atoms with E-state index in [-0.39, 0.29) is 11.2 Å². The summed E-state index contributed by atoms with van der Waals surface area (Å²) in [5.74, 6) is -0.0272. The van der Waals surface area contributed by atoms with Gasteiger partial charge in [-0.1, -0.05) is 31.0 Å². The van der Waals surface area contributed by atoms with Crippen molar-refractivity contribution in [3.8, 4) is 0 Å². The van der Waals surface area contributed by atoms with Gasteiger partial charge in [0.2, 0.25) is 0 Å². The lowest BCUT2D eigenvalue weighted by Gasteiger charge is -2.56. The maximum Gasteiger partial charge on any atom is 0.127 e. The van der Waals surface area contributed by atoms with Gasteiger partial charge in [0, 0.05) is 12.0 Å². The summed E-state index contributed by atoms with van der Waals surface area (Å²) in [6, 6.07) is 7.34. The maximum absolute atomic E-state index is 14.1. The number of nitrogens with one attached hydrogen (secondary N) is 1. The van der Waals surface area contributed by atoms with Crippen LogP contribution in [0.5, 0.6) is 0 Å². The Bertz CT molecular complexity index is 426. The minimum Gasteiger partial charge on any atom is -0.319 e. The third kappa shape index (κ3) is 1.78. The van der Waals surface area contributed by atoms with Crippen LogP contribution < -0.4 is 5.32 Å². The second-order valence-electron chi connectivity index (χ2n) is 6.35. The largest absolute Gasteiger partial charge is 0.319 e. The van der Waals surface area contributed by atoms with Crippen LogP contribution in [0.1, 0.15) is 44.1 Å². The van der Waals surface area contributed by atoms with Crippen molar-refractivity contribution in [1.82, 2.24) is 5.32 Å². The van der Waals surface area contributed by atoms with Crippen molar-refractivity contribution in [1.29, 1.82) is 0 Å². The van der Waals surface area contributed by atoms with Crippen LogP contribution in [0.25, 0.3) is 0 Å². The third-order valence-electron chi connectivity index (χ3n) is 5.05. The first kappa shape index (κ1) is 12.2. The van der Waals surface area contributed by atoms with E-state index >= 15 is 0 Å². The Morgan fingerprint density at radius 1 is 1.17 bits per heavy atom. The first-order valence-corrected chi connectivity index (χ1v) is 7.09. The molecular formula is C16H22FN. The highest BCUT2D eigenvalue weighted by Gasteiger charge is 2.56. The van der Waals surface area contributed by atoms with Gasteiger partial charge in [-0.3, -0.25) is 0 Å². The number of halogens is 1. The Balaban J connectivity index is 1.88. The van der Waals surface area contributed by atoms with Gasteiger partial charge in [0.15, 0.2) is 0 Å². The van der Waals surface area contributed by atoms with Crippen LogP contribution in [-0.2, 0) is 5.41 Å². The summed E-state index contributed by atoms with van der Waals surface area (Å²) in [5.41, 5.74) is 1.51. The predicted molar refractivity (Wildman–Crippen MR) is 72.1 cm³/mol. The smallest absolute Gasteiger partial charge is 0.127 e. The Kier molecular flexibility index (Phi) is 2.93. The minimum atomic E-state index is -0.0272. The zero-order valence-corrected chi connectivity index (χ0v) is 11.1. The van der Waals surface area contributed by atoms with E-state index in [1.165, 1.54) is 38.5 Å². The average molecular weight is 247 g/mol. The van der Waals surface area contributed by atoms with Crippen LogP contribution >= 0.6 is 0 Å². The molecule has 1 aromatic rings. The molecule has 0 saturated heterocycles. The van der Waals surface area contributed by atoms with Crippen LogP contribution in [0.2, 0.25) is 0 Å². The van der Waals surface area contributed by atoms with Crippen LogP contribution in [0, 0.1) is 11.2 Å². The van der Waals surface area contributed by atoms with Gasteiger partial charge in [-0.05, 0) is 49.8 Å². The molecule has 0 radical (unpaired) electrons. The first-order valence-electron chi connectivity index (χ1n) is 7.09. The molecule has 2 aliphatic rings. The molecular weight excluding hydrogens is 225 g/mol. The molecule has 0 unspecified atom stereocenters. The highest BCUT2D eigenvalue weighted by Crippen LogP contribution is 2.62. The van der Waals surface area contributed by atoms with Gasteiger partial charge in [0.1, 0.15) is 5.82 Å². The summed E-state index contributed by atoms with van der Waals surface area (Å²) in [7, 11) is 1.97. The highest BCUT2D eigenvalue weighted by atomic mass is 19.1. The number of benzene rings is 1. The SMILES string of the molecule is CNCC1(c2ccccc2F)CC2(CCCC2)C1. The quantitative estimate of drug-likeness (QED) is 0.860. The third-order valence-corrected chi connectivity index (χ3v) is 5.05. The van der Waals surface area contributed by atoms with E-state index in [4.69, 9.17) is 0 Å². The van der Waals surface area contributed by atoms with E-state index in [0.717, 1.165) is 12.1 Å². The molecule has 0 amide bonds. The number of hydrogen-bond acceptors (Lipinski definition) is 1. The monoisotopic (exact) mass is 247 g/mol. The normalized spacial score (nSPS) is 24.1. The second-order valence-corrected chi connectivity index (χ2v) is 6.35. The van der Waals surface area contributed by atoms with Crippen molar-refractivity contribution < 1.29 is 4.39 Å². The molecule has 2 fully saturated rings. The molecule has 1 N–H and O–H groups in total. The number of likely N-dealkylation sites (N-methyl/N-ethyl adjacent to an activating group) is 1. The van der Waals surface area contributed by atoms with Crippen molar-refractivity contribution in [2.75, 3.05) is 13.6 Å². The van der Waals surface area contributed by atoms with Gasteiger partial charge in [-0.2, -0.15) is 0 Å².